The molecule has 0 fully saturated rings. The van der Waals surface area contributed by atoms with Gasteiger partial charge in [0, 0.05) is 23.7 Å². The Kier molecular flexibility index (Phi) is 4.55. The van der Waals surface area contributed by atoms with Crippen molar-refractivity contribution >= 4 is 10.0 Å². The normalized spacial score (nSPS) is 18.6. The minimum absolute atomic E-state index is 0.130. The molecule has 0 saturated heterocycles. The molecule has 3 aromatic rings. The first-order chi connectivity index (χ1) is 13.3. The molecule has 0 aliphatic heterocycles. The molecular formula is C20H21FN4O2S. The molecule has 146 valence electrons. The molecule has 2 heterocycles. The molecule has 0 amide bonds. The zero-order valence-corrected chi connectivity index (χ0v) is 16.4. The molecule has 1 aliphatic carbocycles. The van der Waals surface area contributed by atoms with Crippen LogP contribution in [0, 0.1) is 11.2 Å². The second kappa shape index (κ2) is 6.79. The molecule has 1 N–H and O–H groups in total. The summed E-state index contributed by atoms with van der Waals surface area (Å²) in [5.41, 5.74) is 2.39. The van der Waals surface area contributed by atoms with E-state index in [9.17, 15) is 12.8 Å². The van der Waals surface area contributed by atoms with Gasteiger partial charge in [-0.05, 0) is 54.7 Å². The van der Waals surface area contributed by atoms with Crippen LogP contribution in [0.2, 0.25) is 0 Å². The predicted octanol–water partition coefficient (Wildman–Crippen LogP) is 3.40. The molecule has 0 unspecified atom stereocenters. The highest BCUT2D eigenvalue weighted by Gasteiger charge is 2.37. The van der Waals surface area contributed by atoms with E-state index in [0.717, 1.165) is 23.4 Å². The number of rotatable bonds is 4. The van der Waals surface area contributed by atoms with Gasteiger partial charge in [0.05, 0.1) is 17.9 Å². The van der Waals surface area contributed by atoms with E-state index in [1.54, 1.807) is 29.1 Å². The fraction of sp³-hybridized carbons (Fsp3) is 0.300. The summed E-state index contributed by atoms with van der Waals surface area (Å²) in [6, 6.07) is 8.82. The van der Waals surface area contributed by atoms with Gasteiger partial charge in [-0.3, -0.25) is 4.98 Å². The number of fused-ring (bicyclic) bond motifs is 1. The van der Waals surface area contributed by atoms with Gasteiger partial charge in [0.1, 0.15) is 10.7 Å². The quantitative estimate of drug-likeness (QED) is 0.728. The standard InChI is InChI=1S/C20H21FN4O2S/c1-20(2)10-18(24-28(26,27)16-4-3-9-22-12-16)17-13-23-25(19(17)11-20)15-7-5-14(21)6-8-15/h3-9,12-13,18,24H,10-11H2,1-2H3/t18-/m0/s1. The maximum atomic E-state index is 13.3. The molecule has 1 atom stereocenters. The van der Waals surface area contributed by atoms with Crippen LogP contribution in [-0.2, 0) is 16.4 Å². The van der Waals surface area contributed by atoms with Crippen LogP contribution in [0.25, 0.3) is 5.69 Å². The van der Waals surface area contributed by atoms with Crippen molar-refractivity contribution in [2.45, 2.75) is 37.6 Å². The lowest BCUT2D eigenvalue weighted by atomic mass is 9.74. The van der Waals surface area contributed by atoms with Crippen molar-refractivity contribution in [3.8, 4) is 5.69 Å². The van der Waals surface area contributed by atoms with E-state index >= 15 is 0 Å². The number of hydrogen-bond acceptors (Lipinski definition) is 4. The average molecular weight is 400 g/mol. The third-order valence-corrected chi connectivity index (χ3v) is 6.45. The van der Waals surface area contributed by atoms with E-state index in [4.69, 9.17) is 0 Å². The van der Waals surface area contributed by atoms with Crippen LogP contribution in [-0.4, -0.2) is 23.2 Å². The molecule has 0 bridgehead atoms. The Balaban J connectivity index is 1.73. The van der Waals surface area contributed by atoms with E-state index in [0.29, 0.717) is 6.42 Å². The summed E-state index contributed by atoms with van der Waals surface area (Å²) in [6.45, 7) is 4.20. The van der Waals surface area contributed by atoms with Gasteiger partial charge < -0.3 is 0 Å². The Hall–Kier alpha value is -2.58. The van der Waals surface area contributed by atoms with Crippen LogP contribution < -0.4 is 4.72 Å². The number of nitrogens with one attached hydrogen (secondary N) is 1. The molecule has 0 radical (unpaired) electrons. The maximum absolute atomic E-state index is 13.3. The highest BCUT2D eigenvalue weighted by Crippen LogP contribution is 2.42. The Morgan fingerprint density at radius 3 is 2.61 bits per heavy atom. The number of hydrogen-bond donors (Lipinski definition) is 1. The van der Waals surface area contributed by atoms with Crippen molar-refractivity contribution in [3.63, 3.8) is 0 Å². The van der Waals surface area contributed by atoms with Crippen LogP contribution >= 0.6 is 0 Å². The number of nitrogens with zero attached hydrogens (tertiary/aromatic N) is 3. The number of halogens is 1. The maximum Gasteiger partial charge on any atom is 0.242 e. The third kappa shape index (κ3) is 3.57. The van der Waals surface area contributed by atoms with Gasteiger partial charge >= 0.3 is 0 Å². The third-order valence-electron chi connectivity index (χ3n) is 4.99. The first-order valence-corrected chi connectivity index (χ1v) is 10.5. The second-order valence-corrected chi connectivity index (χ2v) is 9.56. The Labute approximate surface area is 163 Å². The Bertz CT molecular complexity index is 1090. The smallest absolute Gasteiger partial charge is 0.242 e. The van der Waals surface area contributed by atoms with Crippen LogP contribution in [0.15, 0.2) is 59.9 Å². The first-order valence-electron chi connectivity index (χ1n) is 9.00. The first kappa shape index (κ1) is 18.8. The lowest BCUT2D eigenvalue weighted by Gasteiger charge is -2.35. The summed E-state index contributed by atoms with van der Waals surface area (Å²) in [5, 5.41) is 4.46. The summed E-state index contributed by atoms with van der Waals surface area (Å²) >= 11 is 0. The lowest BCUT2D eigenvalue weighted by molar-refractivity contribution is 0.268. The molecule has 6 nitrogen and oxygen atoms in total. The van der Waals surface area contributed by atoms with Crippen molar-refractivity contribution in [1.29, 1.82) is 0 Å². The predicted molar refractivity (Wildman–Crippen MR) is 103 cm³/mol. The van der Waals surface area contributed by atoms with Crippen LogP contribution in [0.3, 0.4) is 0 Å². The molecule has 0 spiro atoms. The Morgan fingerprint density at radius 1 is 1.18 bits per heavy atom. The van der Waals surface area contributed by atoms with Gasteiger partial charge in [0.2, 0.25) is 10.0 Å². The van der Waals surface area contributed by atoms with E-state index in [1.807, 2.05) is 0 Å². The van der Waals surface area contributed by atoms with Gasteiger partial charge in [-0.25, -0.2) is 22.2 Å². The minimum Gasteiger partial charge on any atom is -0.263 e. The fourth-order valence-electron chi connectivity index (χ4n) is 3.71. The molecule has 1 aliphatic rings. The molecular weight excluding hydrogens is 379 g/mol. The van der Waals surface area contributed by atoms with Gasteiger partial charge in [0.15, 0.2) is 0 Å². The number of benzene rings is 1. The van der Waals surface area contributed by atoms with Crippen molar-refractivity contribution in [3.05, 3.63) is 72.1 Å². The fourth-order valence-corrected chi connectivity index (χ4v) is 4.89. The van der Waals surface area contributed by atoms with Gasteiger partial charge in [-0.1, -0.05) is 13.8 Å². The number of aromatic nitrogens is 3. The zero-order chi connectivity index (χ0) is 19.9. The van der Waals surface area contributed by atoms with E-state index in [1.165, 1.54) is 30.6 Å². The molecule has 8 heteroatoms. The molecule has 0 saturated carbocycles. The van der Waals surface area contributed by atoms with Gasteiger partial charge in [-0.2, -0.15) is 5.10 Å². The van der Waals surface area contributed by atoms with Crippen molar-refractivity contribution < 1.29 is 12.8 Å². The number of sulfonamides is 1. The number of pyridine rings is 1. The van der Waals surface area contributed by atoms with E-state index in [2.05, 4.69) is 28.7 Å². The van der Waals surface area contributed by atoms with E-state index < -0.39 is 16.1 Å². The largest absolute Gasteiger partial charge is 0.263 e. The van der Waals surface area contributed by atoms with Gasteiger partial charge in [-0.15, -0.1) is 0 Å². The molecule has 4 rings (SSSR count). The summed E-state index contributed by atoms with van der Waals surface area (Å²) in [7, 11) is -3.71. The summed E-state index contributed by atoms with van der Waals surface area (Å²) in [5.74, 6) is -0.313. The lowest BCUT2D eigenvalue weighted by Crippen LogP contribution is -2.36. The average Bonchev–Trinajstić information content (AvgIpc) is 3.05. The molecule has 1 aromatic carbocycles. The minimum atomic E-state index is -3.71. The van der Waals surface area contributed by atoms with Crippen molar-refractivity contribution in [2.75, 3.05) is 0 Å². The topological polar surface area (TPSA) is 76.9 Å². The van der Waals surface area contributed by atoms with Crippen molar-refractivity contribution in [1.82, 2.24) is 19.5 Å². The highest BCUT2D eigenvalue weighted by atomic mass is 32.2. The van der Waals surface area contributed by atoms with E-state index in [-0.39, 0.29) is 16.1 Å². The molecule has 28 heavy (non-hydrogen) atoms. The van der Waals surface area contributed by atoms with Crippen molar-refractivity contribution in [2.24, 2.45) is 5.41 Å². The second-order valence-electron chi connectivity index (χ2n) is 7.84. The van der Waals surface area contributed by atoms with Crippen LogP contribution in [0.1, 0.15) is 37.6 Å². The van der Waals surface area contributed by atoms with Gasteiger partial charge in [0.25, 0.3) is 0 Å². The zero-order valence-electron chi connectivity index (χ0n) is 15.6. The summed E-state index contributed by atoms with van der Waals surface area (Å²) < 4.78 is 43.5. The highest BCUT2D eigenvalue weighted by molar-refractivity contribution is 7.89. The molecule has 2 aromatic heterocycles. The Morgan fingerprint density at radius 2 is 1.93 bits per heavy atom. The SMILES string of the molecule is CC1(C)Cc2c(cnn2-c2ccc(F)cc2)[C@@H](NS(=O)(=O)c2cccnc2)C1. The van der Waals surface area contributed by atoms with Crippen LogP contribution in [0.5, 0.6) is 0 Å². The van der Waals surface area contributed by atoms with Crippen LogP contribution in [0.4, 0.5) is 4.39 Å². The summed E-state index contributed by atoms with van der Waals surface area (Å²) in [4.78, 5) is 4.03. The monoisotopic (exact) mass is 400 g/mol. The summed E-state index contributed by atoms with van der Waals surface area (Å²) in [6.07, 6.45) is 5.95.